The summed E-state index contributed by atoms with van der Waals surface area (Å²) in [5.74, 6) is 0.919. The minimum absolute atomic E-state index is 0.0507. The second kappa shape index (κ2) is 7.77. The Balaban J connectivity index is 1.35. The topological polar surface area (TPSA) is 21.3 Å². The number of nitrogens with zero attached hydrogens (tertiary/aromatic N) is 2. The van der Waals surface area contributed by atoms with E-state index in [-0.39, 0.29) is 6.71 Å². The van der Waals surface area contributed by atoms with Crippen LogP contribution in [0.3, 0.4) is 0 Å². The fraction of sp³-hybridized carbons (Fsp3) is 0. The average Bonchev–Trinajstić information content (AvgIpc) is 3.74. The average molecular weight is 564 g/mol. The van der Waals surface area contributed by atoms with Gasteiger partial charge in [-0.25, -0.2) is 0 Å². The van der Waals surface area contributed by atoms with Crippen molar-refractivity contribution in [1.29, 1.82) is 0 Å². The molecule has 3 aromatic heterocycles. The van der Waals surface area contributed by atoms with E-state index in [0.717, 1.165) is 17.2 Å². The van der Waals surface area contributed by atoms with Gasteiger partial charge < -0.3 is 8.98 Å². The summed E-state index contributed by atoms with van der Waals surface area (Å²) in [5, 5.41) is 6.34. The Kier molecular flexibility index (Phi) is 4.04. The Morgan fingerprint density at radius 1 is 0.558 bits per heavy atom. The lowest BCUT2D eigenvalue weighted by atomic mass is 9.34. The molecule has 11 rings (SSSR count). The minimum atomic E-state index is 0.0507. The molecule has 5 heteroatoms. The largest absolute Gasteiger partial charge is 0.439 e. The number of rotatable bonds is 1. The predicted octanol–water partition coefficient (Wildman–Crippen LogP) is 8.51. The van der Waals surface area contributed by atoms with Crippen molar-refractivity contribution in [3.05, 3.63) is 127 Å². The molecule has 0 saturated heterocycles. The Labute approximate surface area is 250 Å². The van der Waals surface area contributed by atoms with Crippen LogP contribution in [0.1, 0.15) is 0 Å². The summed E-state index contributed by atoms with van der Waals surface area (Å²) in [4.78, 5) is 2.35. The summed E-state index contributed by atoms with van der Waals surface area (Å²) in [7, 11) is 0. The Morgan fingerprint density at radius 2 is 1.30 bits per heavy atom. The van der Waals surface area contributed by atoms with E-state index in [2.05, 4.69) is 137 Å². The first kappa shape index (κ1) is 22.4. The van der Waals surface area contributed by atoms with Crippen LogP contribution < -0.4 is 21.3 Å². The SMILES string of the molecule is c1ccc(N2c3cccc4c3B(c3c2oc2c3ccc3c5ccccc5sc32)c2cccc3c5ccccc5n-4c23)cc1. The van der Waals surface area contributed by atoms with Crippen LogP contribution in [0.15, 0.2) is 132 Å². The van der Waals surface area contributed by atoms with E-state index in [1.165, 1.54) is 75.1 Å². The van der Waals surface area contributed by atoms with Crippen molar-refractivity contribution in [3.63, 3.8) is 0 Å². The van der Waals surface area contributed by atoms with Crippen molar-refractivity contribution in [2.24, 2.45) is 0 Å². The van der Waals surface area contributed by atoms with Gasteiger partial charge in [0.25, 0.3) is 6.71 Å². The Morgan fingerprint density at radius 3 is 2.23 bits per heavy atom. The number of fused-ring (bicyclic) bond motifs is 13. The maximum absolute atomic E-state index is 7.13. The van der Waals surface area contributed by atoms with Crippen LogP contribution in [-0.4, -0.2) is 11.3 Å². The lowest BCUT2D eigenvalue weighted by Crippen LogP contribution is -2.60. The first-order valence-electron chi connectivity index (χ1n) is 14.7. The number of thiophene rings is 1. The zero-order chi connectivity index (χ0) is 27.8. The normalized spacial score (nSPS) is 13.5. The van der Waals surface area contributed by atoms with Gasteiger partial charge in [-0.1, -0.05) is 91.0 Å². The van der Waals surface area contributed by atoms with Gasteiger partial charge in [-0.05, 0) is 47.3 Å². The first-order chi connectivity index (χ1) is 21.4. The molecule has 0 atom stereocenters. The molecular formula is C38H21BN2OS. The van der Waals surface area contributed by atoms with Crippen LogP contribution in [-0.2, 0) is 0 Å². The van der Waals surface area contributed by atoms with E-state index >= 15 is 0 Å². The number of benzene rings is 6. The number of hydrogen-bond donors (Lipinski definition) is 0. The smallest absolute Gasteiger partial charge is 0.257 e. The molecule has 198 valence electrons. The summed E-state index contributed by atoms with van der Waals surface area (Å²) in [6, 6.07) is 46.4. The van der Waals surface area contributed by atoms with E-state index in [1.807, 2.05) is 11.3 Å². The molecule has 9 aromatic rings. The highest BCUT2D eigenvalue weighted by atomic mass is 32.1. The zero-order valence-corrected chi connectivity index (χ0v) is 23.7. The summed E-state index contributed by atoms with van der Waals surface area (Å²) in [6.07, 6.45) is 0. The number of anilines is 3. The lowest BCUT2D eigenvalue weighted by molar-refractivity contribution is 0.626. The van der Waals surface area contributed by atoms with Gasteiger partial charge in [0.1, 0.15) is 0 Å². The van der Waals surface area contributed by atoms with Crippen molar-refractivity contribution in [2.75, 3.05) is 4.90 Å². The molecule has 2 aliphatic heterocycles. The fourth-order valence-corrected chi connectivity index (χ4v) is 9.13. The molecular weight excluding hydrogens is 543 g/mol. The van der Waals surface area contributed by atoms with Gasteiger partial charge in [0, 0.05) is 59.7 Å². The van der Waals surface area contributed by atoms with E-state index in [1.54, 1.807) is 0 Å². The molecule has 0 N–H and O–H groups in total. The number of aromatic nitrogens is 1. The van der Waals surface area contributed by atoms with Gasteiger partial charge in [-0.15, -0.1) is 11.3 Å². The van der Waals surface area contributed by atoms with Gasteiger partial charge in [0.15, 0.2) is 5.58 Å². The van der Waals surface area contributed by atoms with Crippen molar-refractivity contribution >= 4 is 105 Å². The number of furan rings is 1. The van der Waals surface area contributed by atoms with Crippen LogP contribution in [0.5, 0.6) is 0 Å². The second-order valence-corrected chi connectivity index (χ2v) is 12.7. The molecule has 0 bridgehead atoms. The first-order valence-corrected chi connectivity index (χ1v) is 15.6. The van der Waals surface area contributed by atoms with Crippen LogP contribution >= 0.6 is 11.3 Å². The molecule has 0 fully saturated rings. The Hall–Kier alpha value is -5.26. The second-order valence-electron chi connectivity index (χ2n) is 11.6. The highest BCUT2D eigenvalue weighted by molar-refractivity contribution is 7.26. The summed E-state index contributed by atoms with van der Waals surface area (Å²) in [6.45, 7) is 0.0507. The van der Waals surface area contributed by atoms with Crippen molar-refractivity contribution in [2.45, 2.75) is 0 Å². The third-order valence-electron chi connectivity index (χ3n) is 9.59. The van der Waals surface area contributed by atoms with Gasteiger partial charge >= 0.3 is 0 Å². The van der Waals surface area contributed by atoms with Crippen molar-refractivity contribution in [3.8, 4) is 5.69 Å². The molecule has 0 radical (unpaired) electrons. The maximum atomic E-state index is 7.13. The summed E-state index contributed by atoms with van der Waals surface area (Å²) < 4.78 is 12.1. The quantitative estimate of drug-likeness (QED) is 0.187. The van der Waals surface area contributed by atoms with Gasteiger partial charge in [-0.3, -0.25) is 4.90 Å². The third kappa shape index (κ3) is 2.64. The standard InChI is InChI=1S/C38H21BN2OS/c1-2-10-22(11-3-1)40-30-17-9-18-31-34(30)39(28-15-8-14-25-23-12-4-6-16-29(23)41(31)35(25)28)33-27-21-20-26-24-13-5-7-19-32(24)43-37(26)36(27)42-38(33)40/h1-21H. The lowest BCUT2D eigenvalue weighted by Gasteiger charge is -2.37. The number of para-hydroxylation sites is 3. The van der Waals surface area contributed by atoms with Gasteiger partial charge in [-0.2, -0.15) is 0 Å². The number of hydrogen-bond acceptors (Lipinski definition) is 3. The summed E-state index contributed by atoms with van der Waals surface area (Å²) in [5.41, 5.74) is 11.0. The highest BCUT2D eigenvalue weighted by Gasteiger charge is 2.45. The molecule has 5 heterocycles. The van der Waals surface area contributed by atoms with Crippen LogP contribution in [0.25, 0.3) is 58.6 Å². The summed E-state index contributed by atoms with van der Waals surface area (Å²) >= 11 is 1.83. The van der Waals surface area contributed by atoms with Crippen LogP contribution in [0.4, 0.5) is 17.3 Å². The van der Waals surface area contributed by atoms with Crippen molar-refractivity contribution < 1.29 is 4.42 Å². The van der Waals surface area contributed by atoms with E-state index in [0.29, 0.717) is 0 Å². The predicted molar refractivity (Wildman–Crippen MR) is 183 cm³/mol. The molecule has 0 unspecified atom stereocenters. The van der Waals surface area contributed by atoms with Gasteiger partial charge in [0.2, 0.25) is 5.88 Å². The molecule has 0 aliphatic carbocycles. The minimum Gasteiger partial charge on any atom is -0.439 e. The third-order valence-corrected chi connectivity index (χ3v) is 10.8. The van der Waals surface area contributed by atoms with Crippen LogP contribution in [0, 0.1) is 0 Å². The molecule has 2 aliphatic rings. The Bertz CT molecular complexity index is 2650. The van der Waals surface area contributed by atoms with Gasteiger partial charge in [0.05, 0.1) is 10.2 Å². The van der Waals surface area contributed by atoms with E-state index in [9.17, 15) is 0 Å². The zero-order valence-electron chi connectivity index (χ0n) is 22.9. The monoisotopic (exact) mass is 564 g/mol. The fourth-order valence-electron chi connectivity index (χ4n) is 7.94. The van der Waals surface area contributed by atoms with Crippen LogP contribution in [0.2, 0.25) is 0 Å². The molecule has 6 aromatic carbocycles. The molecule has 3 nitrogen and oxygen atoms in total. The molecule has 0 amide bonds. The maximum Gasteiger partial charge on any atom is 0.257 e. The molecule has 43 heavy (non-hydrogen) atoms. The molecule has 0 spiro atoms. The molecule has 0 saturated carbocycles. The highest BCUT2D eigenvalue weighted by Crippen LogP contribution is 2.46. The van der Waals surface area contributed by atoms with E-state index < -0.39 is 0 Å². The van der Waals surface area contributed by atoms with Crippen molar-refractivity contribution in [1.82, 2.24) is 4.57 Å². The van der Waals surface area contributed by atoms with E-state index in [4.69, 9.17) is 4.42 Å².